The highest BCUT2D eigenvalue weighted by molar-refractivity contribution is 6.90. The van der Waals surface area contributed by atoms with Crippen LogP contribution in [0.5, 0.6) is 0 Å². The van der Waals surface area contributed by atoms with Crippen LogP contribution < -0.4 is 10.9 Å². The third kappa shape index (κ3) is 2.25. The van der Waals surface area contributed by atoms with Crippen molar-refractivity contribution in [3.05, 3.63) is 103 Å². The van der Waals surface area contributed by atoms with Gasteiger partial charge in [-0.05, 0) is 51.7 Å². The van der Waals surface area contributed by atoms with Gasteiger partial charge in [-0.25, -0.2) is 0 Å². The molecule has 3 heteroatoms. The Hall–Kier alpha value is -4.24. The minimum absolute atomic E-state index is 0.105. The second-order valence-corrected chi connectivity index (χ2v) is 11.8. The lowest BCUT2D eigenvalue weighted by Gasteiger charge is -2.33. The third-order valence-electron chi connectivity index (χ3n) is 8.86. The SMILES string of the molecule is CC(C)(C)c1ccc2c(c1)c1cccc3c1n2B1c2c-3cccc2-n2c3ccccc3c3cccc1c32. The first-order valence-electron chi connectivity index (χ1n) is 13.3. The molecule has 9 rings (SSSR count). The van der Waals surface area contributed by atoms with E-state index in [0.717, 1.165) is 0 Å². The van der Waals surface area contributed by atoms with Crippen molar-refractivity contribution >= 4 is 61.4 Å². The second kappa shape index (κ2) is 6.36. The van der Waals surface area contributed by atoms with Crippen molar-refractivity contribution in [1.82, 2.24) is 9.05 Å². The van der Waals surface area contributed by atoms with E-state index in [9.17, 15) is 0 Å². The van der Waals surface area contributed by atoms with Crippen LogP contribution in [0.2, 0.25) is 0 Å². The molecule has 0 bridgehead atoms. The van der Waals surface area contributed by atoms with E-state index < -0.39 is 0 Å². The van der Waals surface area contributed by atoms with Gasteiger partial charge in [0, 0.05) is 43.8 Å². The van der Waals surface area contributed by atoms with Crippen molar-refractivity contribution in [2.75, 3.05) is 0 Å². The fourth-order valence-electron chi connectivity index (χ4n) is 7.26. The Morgan fingerprint density at radius 1 is 0.595 bits per heavy atom. The van der Waals surface area contributed by atoms with Gasteiger partial charge < -0.3 is 9.05 Å². The summed E-state index contributed by atoms with van der Waals surface area (Å²) in [6.45, 7) is 7.06. The van der Waals surface area contributed by atoms with Crippen LogP contribution in [0.1, 0.15) is 26.3 Å². The first kappa shape index (κ1) is 19.9. The van der Waals surface area contributed by atoms with E-state index in [1.54, 1.807) is 0 Å². The van der Waals surface area contributed by atoms with E-state index >= 15 is 0 Å². The number of rotatable bonds is 0. The summed E-state index contributed by atoms with van der Waals surface area (Å²) in [5.41, 5.74) is 13.6. The van der Waals surface area contributed by atoms with Gasteiger partial charge in [0.25, 0.3) is 0 Å². The third-order valence-corrected chi connectivity index (χ3v) is 8.86. The number of para-hydroxylation sites is 3. The molecule has 0 atom stereocenters. The van der Waals surface area contributed by atoms with Crippen LogP contribution in [0.4, 0.5) is 0 Å². The van der Waals surface area contributed by atoms with Gasteiger partial charge in [-0.15, -0.1) is 0 Å². The number of aromatic nitrogens is 2. The number of hydrogen-bond donors (Lipinski definition) is 0. The van der Waals surface area contributed by atoms with Crippen LogP contribution >= 0.6 is 0 Å². The maximum absolute atomic E-state index is 2.65. The molecule has 0 saturated carbocycles. The van der Waals surface area contributed by atoms with Gasteiger partial charge in [0.1, 0.15) is 0 Å². The van der Waals surface area contributed by atoms with E-state index in [2.05, 4.69) is 127 Å². The molecular weight excluding hydrogens is 447 g/mol. The molecule has 2 aliphatic rings. The summed E-state index contributed by atoms with van der Waals surface area (Å²) in [4.78, 5) is 0. The summed E-state index contributed by atoms with van der Waals surface area (Å²) in [5, 5.41) is 5.38. The number of hydrogen-bond acceptors (Lipinski definition) is 0. The van der Waals surface area contributed by atoms with Gasteiger partial charge in [0.2, 0.25) is 0 Å². The fraction of sp³-hybridized carbons (Fsp3) is 0.118. The highest BCUT2D eigenvalue weighted by atomic mass is 15.0. The lowest BCUT2D eigenvalue weighted by molar-refractivity contribution is 0.591. The summed E-state index contributed by atoms with van der Waals surface area (Å²) in [7, 11) is 0. The van der Waals surface area contributed by atoms with Gasteiger partial charge in [-0.2, -0.15) is 0 Å². The van der Waals surface area contributed by atoms with Gasteiger partial charge in [0.05, 0.1) is 11.0 Å². The average molecular weight is 472 g/mol. The van der Waals surface area contributed by atoms with Crippen LogP contribution in [0.25, 0.3) is 60.4 Å². The normalized spacial score (nSPS) is 13.8. The van der Waals surface area contributed by atoms with Crippen molar-refractivity contribution in [3.63, 3.8) is 0 Å². The minimum atomic E-state index is 0.105. The molecule has 0 spiro atoms. The first-order valence-corrected chi connectivity index (χ1v) is 13.3. The van der Waals surface area contributed by atoms with Crippen LogP contribution in [0, 0.1) is 0 Å². The first-order chi connectivity index (χ1) is 18.0. The number of benzene rings is 5. The molecule has 2 aromatic heterocycles. The second-order valence-electron chi connectivity index (χ2n) is 11.8. The van der Waals surface area contributed by atoms with Gasteiger partial charge in [0.15, 0.2) is 0 Å². The smallest absolute Gasteiger partial charge is 0.333 e. The predicted octanol–water partition coefficient (Wildman–Crippen LogP) is 7.14. The Morgan fingerprint density at radius 3 is 2.19 bits per heavy atom. The molecule has 0 N–H and O–H groups in total. The average Bonchev–Trinajstić information content (AvgIpc) is 3.43. The fourth-order valence-corrected chi connectivity index (χ4v) is 7.26. The van der Waals surface area contributed by atoms with E-state index in [1.807, 2.05) is 0 Å². The van der Waals surface area contributed by atoms with E-state index in [0.29, 0.717) is 0 Å². The Morgan fingerprint density at radius 2 is 1.32 bits per heavy atom. The predicted molar refractivity (Wildman–Crippen MR) is 158 cm³/mol. The van der Waals surface area contributed by atoms with Gasteiger partial charge >= 0.3 is 6.85 Å². The summed E-state index contributed by atoms with van der Waals surface area (Å²) < 4.78 is 5.16. The van der Waals surface area contributed by atoms with Crippen molar-refractivity contribution < 1.29 is 0 Å². The molecule has 2 nitrogen and oxygen atoms in total. The molecule has 0 unspecified atom stereocenters. The Bertz CT molecular complexity index is 2130. The van der Waals surface area contributed by atoms with Crippen LogP contribution in [0.3, 0.4) is 0 Å². The zero-order valence-corrected chi connectivity index (χ0v) is 21.2. The highest BCUT2D eigenvalue weighted by Crippen LogP contribution is 2.43. The molecule has 7 aromatic rings. The monoisotopic (exact) mass is 472 g/mol. The van der Waals surface area contributed by atoms with E-state index in [1.165, 1.54) is 76.9 Å². The molecule has 0 aliphatic carbocycles. The molecule has 5 aromatic carbocycles. The van der Waals surface area contributed by atoms with Gasteiger partial charge in [-0.1, -0.05) is 93.6 Å². The van der Waals surface area contributed by atoms with Gasteiger partial charge in [-0.3, -0.25) is 0 Å². The number of nitrogens with zero attached hydrogens (tertiary/aromatic N) is 2. The van der Waals surface area contributed by atoms with Crippen molar-refractivity contribution in [2.24, 2.45) is 0 Å². The molecule has 0 fully saturated rings. The summed E-state index contributed by atoms with van der Waals surface area (Å²) in [6, 6.07) is 36.7. The Kier molecular flexibility index (Phi) is 3.42. The molecule has 2 aliphatic heterocycles. The molecule has 0 radical (unpaired) electrons. The van der Waals surface area contributed by atoms with Crippen molar-refractivity contribution in [1.29, 1.82) is 0 Å². The standard InChI is InChI=1S/C34H25BN2/c1-34(2,3)20-17-18-29-26(19-20)25-12-6-11-24-22-10-8-16-30-31(22)35(37(29)32(24)25)27-14-7-13-23-21-9-4-5-15-28(21)36(30)33(23)27/h4-19H,1-3H3. The largest absolute Gasteiger partial charge is 0.375 e. The maximum atomic E-state index is 2.65. The summed E-state index contributed by atoms with van der Waals surface area (Å²) in [5.74, 6) is 0. The molecular formula is C34H25BN2. The zero-order chi connectivity index (χ0) is 24.6. The number of fused-ring (bicyclic) bond motifs is 10. The molecule has 4 heterocycles. The van der Waals surface area contributed by atoms with Crippen LogP contribution in [-0.2, 0) is 5.41 Å². The molecule has 174 valence electrons. The summed E-state index contributed by atoms with van der Waals surface area (Å²) >= 11 is 0. The van der Waals surface area contributed by atoms with E-state index in [-0.39, 0.29) is 12.3 Å². The topological polar surface area (TPSA) is 9.86 Å². The highest BCUT2D eigenvalue weighted by Gasteiger charge is 2.40. The molecule has 0 amide bonds. The van der Waals surface area contributed by atoms with Crippen LogP contribution in [0.15, 0.2) is 97.1 Å². The van der Waals surface area contributed by atoms with E-state index in [4.69, 9.17) is 0 Å². The maximum Gasteiger partial charge on any atom is 0.333 e. The molecule has 0 saturated heterocycles. The minimum Gasteiger partial charge on any atom is -0.375 e. The summed E-state index contributed by atoms with van der Waals surface area (Å²) in [6.07, 6.45) is 0. The lowest BCUT2D eigenvalue weighted by atomic mass is 9.45. The van der Waals surface area contributed by atoms with Crippen molar-refractivity contribution in [2.45, 2.75) is 26.2 Å². The van der Waals surface area contributed by atoms with Crippen LogP contribution in [-0.4, -0.2) is 15.9 Å². The Balaban J connectivity index is 1.52. The lowest BCUT2D eigenvalue weighted by Crippen LogP contribution is -2.55. The van der Waals surface area contributed by atoms with Crippen molar-refractivity contribution in [3.8, 4) is 16.8 Å². The Labute approximate surface area is 215 Å². The zero-order valence-electron chi connectivity index (χ0n) is 21.2. The molecule has 37 heavy (non-hydrogen) atoms. The quantitative estimate of drug-likeness (QED) is 0.208.